The summed E-state index contributed by atoms with van der Waals surface area (Å²) in [6.45, 7) is 10.6. The molecule has 7 nitrogen and oxygen atoms in total. The number of alkyl halides is 2. The van der Waals surface area contributed by atoms with Gasteiger partial charge in [0.1, 0.15) is 15.7 Å². The number of benzene rings is 1. The van der Waals surface area contributed by atoms with Crippen molar-refractivity contribution in [1.29, 1.82) is 0 Å². The van der Waals surface area contributed by atoms with E-state index in [1.165, 1.54) is 25.1 Å². The van der Waals surface area contributed by atoms with Crippen LogP contribution < -0.4 is 15.2 Å². The minimum Gasteiger partial charge on any atom is -0.435 e. The molecule has 1 rings (SSSR count). The Labute approximate surface area is 206 Å². The van der Waals surface area contributed by atoms with Crippen LogP contribution in [-0.4, -0.2) is 27.6 Å². The van der Waals surface area contributed by atoms with Crippen molar-refractivity contribution in [2.24, 2.45) is 9.50 Å². The van der Waals surface area contributed by atoms with Crippen LogP contribution in [0.4, 0.5) is 19.3 Å². The number of carbonyl (C=O) groups is 1. The number of urea groups is 1. The average Bonchev–Trinajstić information content (AvgIpc) is 2.65. The Morgan fingerprint density at radius 3 is 2.06 bits per heavy atom. The second kappa shape index (κ2) is 11.7. The van der Waals surface area contributed by atoms with E-state index >= 15 is 0 Å². The molecule has 0 saturated carbocycles. The molecule has 0 aliphatic rings. The Kier molecular flexibility index (Phi) is 10.3. The molecule has 0 bridgehead atoms. The van der Waals surface area contributed by atoms with E-state index in [1.54, 1.807) is 20.8 Å². The Hall–Kier alpha value is -1.95. The highest BCUT2D eigenvalue weighted by Crippen LogP contribution is 2.37. The number of rotatable bonds is 8. The molecular weight excluding hydrogens is 484 g/mol. The Morgan fingerprint density at radius 2 is 1.68 bits per heavy atom. The van der Waals surface area contributed by atoms with Gasteiger partial charge in [-0.3, -0.25) is 0 Å². The van der Waals surface area contributed by atoms with Crippen molar-refractivity contribution in [2.75, 3.05) is 5.32 Å². The molecule has 192 valence electrons. The van der Waals surface area contributed by atoms with Gasteiger partial charge >= 0.3 is 12.6 Å². The van der Waals surface area contributed by atoms with E-state index in [9.17, 15) is 22.9 Å². The smallest absolute Gasteiger partial charge is 0.387 e. The summed E-state index contributed by atoms with van der Waals surface area (Å²) in [4.78, 5) is 13.2. The predicted octanol–water partition coefficient (Wildman–Crippen LogP) is 6.29. The van der Waals surface area contributed by atoms with Crippen molar-refractivity contribution < 1.29 is 27.6 Å². The lowest BCUT2D eigenvalue weighted by atomic mass is 9.92. The zero-order valence-corrected chi connectivity index (χ0v) is 22.5. The van der Waals surface area contributed by atoms with Gasteiger partial charge in [0.25, 0.3) is 0 Å². The molecule has 0 fully saturated rings. The quantitative estimate of drug-likeness (QED) is 0.239. The molecule has 0 heterocycles. The lowest BCUT2D eigenvalue weighted by Gasteiger charge is -2.21. The molecule has 1 unspecified atom stereocenters. The number of nitrogens with one attached hydrogen (secondary N) is 1. The molecule has 0 aromatic heterocycles. The van der Waals surface area contributed by atoms with Crippen LogP contribution in [0.5, 0.6) is 5.75 Å². The van der Waals surface area contributed by atoms with Gasteiger partial charge in [0, 0.05) is 15.5 Å². The second-order valence-electron chi connectivity index (χ2n) is 9.10. The maximum Gasteiger partial charge on any atom is 0.387 e. The first kappa shape index (κ1) is 30.1. The normalized spacial score (nSPS) is 15.4. The molecule has 2 amide bonds. The summed E-state index contributed by atoms with van der Waals surface area (Å²) in [5.41, 5.74) is 0.804. The molecule has 0 aliphatic heterocycles. The first-order valence-corrected chi connectivity index (χ1v) is 12.7. The monoisotopic (exact) mass is 519 g/mol. The summed E-state index contributed by atoms with van der Waals surface area (Å²) < 4.78 is 46.8. The van der Waals surface area contributed by atoms with Crippen LogP contribution in [0.1, 0.15) is 78.4 Å². The lowest BCUT2D eigenvalue weighted by molar-refractivity contribution is -0.0499. The number of hydrogen-bond acceptors (Lipinski definition) is 5. The van der Waals surface area contributed by atoms with Crippen LogP contribution in [-0.2, 0) is 9.92 Å². The van der Waals surface area contributed by atoms with Gasteiger partial charge in [-0.25, -0.2) is 14.1 Å². The number of carbonyl (C=O) groups excluding carboxylic acids is 1. The Morgan fingerprint density at radius 1 is 1.21 bits per heavy atom. The maximum absolute atomic E-state index is 13.0. The number of aliphatic hydroxyl groups is 1. The van der Waals surface area contributed by atoms with Crippen molar-refractivity contribution in [3.05, 3.63) is 44.7 Å². The number of allylic oxidation sites excluding steroid dienone is 3. The first-order valence-electron chi connectivity index (χ1n) is 10.7. The highest BCUT2D eigenvalue weighted by atomic mass is 32.2. The summed E-state index contributed by atoms with van der Waals surface area (Å²) in [7, 11) is -3.59. The molecule has 1 aromatic rings. The minimum absolute atomic E-state index is 0.0182. The zero-order valence-electron chi connectivity index (χ0n) is 20.8. The van der Waals surface area contributed by atoms with Crippen LogP contribution in [0.15, 0.2) is 38.0 Å². The van der Waals surface area contributed by atoms with Gasteiger partial charge in [-0.15, -0.1) is 17.0 Å². The summed E-state index contributed by atoms with van der Waals surface area (Å²) in [6, 6.07) is 1.92. The summed E-state index contributed by atoms with van der Waals surface area (Å²) >= 11 is 4.29. The van der Waals surface area contributed by atoms with Crippen LogP contribution in [0, 0.1) is 0 Å². The van der Waals surface area contributed by atoms with E-state index in [2.05, 4.69) is 27.0 Å². The molecule has 0 spiro atoms. The molecule has 0 saturated heterocycles. The van der Waals surface area contributed by atoms with Crippen molar-refractivity contribution in [2.45, 2.75) is 79.4 Å². The minimum atomic E-state index is -3.59. The van der Waals surface area contributed by atoms with Gasteiger partial charge in [-0.1, -0.05) is 27.7 Å². The number of ether oxygens (including phenoxy) is 1. The number of halogens is 2. The van der Waals surface area contributed by atoms with E-state index in [4.69, 9.17) is 5.14 Å². The van der Waals surface area contributed by atoms with Crippen molar-refractivity contribution in [3.8, 4) is 5.75 Å². The van der Waals surface area contributed by atoms with E-state index in [-0.39, 0.29) is 22.5 Å². The average molecular weight is 520 g/mol. The van der Waals surface area contributed by atoms with Crippen molar-refractivity contribution >= 4 is 34.3 Å². The molecule has 11 heteroatoms. The van der Waals surface area contributed by atoms with E-state index in [0.717, 1.165) is 0 Å². The van der Waals surface area contributed by atoms with Crippen molar-refractivity contribution in [3.63, 3.8) is 0 Å². The topological polar surface area (TPSA) is 114 Å². The Balaban J connectivity index is 3.48. The van der Waals surface area contributed by atoms with E-state index < -0.39 is 28.2 Å². The third kappa shape index (κ3) is 8.37. The van der Waals surface area contributed by atoms with Gasteiger partial charge in [0.15, 0.2) is 0 Å². The van der Waals surface area contributed by atoms with Crippen LogP contribution in [0.3, 0.4) is 0 Å². The number of hydrogen-bond donors (Lipinski definition) is 4. The lowest BCUT2D eigenvalue weighted by Crippen LogP contribution is -2.21. The molecule has 0 aliphatic carbocycles. The molecule has 1 aromatic carbocycles. The summed E-state index contributed by atoms with van der Waals surface area (Å²) in [6.07, 6.45) is 1.45. The number of nitrogens with zero attached hydrogens (tertiary/aromatic N) is 1. The fraction of sp³-hybridized carbons (Fsp3) is 0.522. The van der Waals surface area contributed by atoms with Crippen LogP contribution >= 0.6 is 12.6 Å². The fourth-order valence-corrected chi connectivity index (χ4v) is 4.00. The third-order valence-corrected chi connectivity index (χ3v) is 7.30. The summed E-state index contributed by atoms with van der Waals surface area (Å²) in [5, 5.41) is 18.6. The van der Waals surface area contributed by atoms with Gasteiger partial charge in [0.2, 0.25) is 0 Å². The van der Waals surface area contributed by atoms with E-state index in [0.29, 0.717) is 27.3 Å². The van der Waals surface area contributed by atoms with Gasteiger partial charge in [-0.05, 0) is 74.4 Å². The maximum atomic E-state index is 13.0. The fourth-order valence-electron chi connectivity index (χ4n) is 3.15. The second-order valence-corrected chi connectivity index (χ2v) is 11.5. The number of thiol groups is 1. The van der Waals surface area contributed by atoms with Gasteiger partial charge in [-0.2, -0.15) is 8.78 Å². The molecule has 1 atom stereocenters. The number of anilines is 1. The highest BCUT2D eigenvalue weighted by Gasteiger charge is 2.21. The van der Waals surface area contributed by atoms with Crippen molar-refractivity contribution in [1.82, 2.24) is 0 Å². The van der Waals surface area contributed by atoms with Crippen LogP contribution in [0.2, 0.25) is 0 Å². The van der Waals surface area contributed by atoms with Crippen LogP contribution in [0.25, 0.3) is 0 Å². The highest BCUT2D eigenvalue weighted by molar-refractivity contribution is 7.95. The Bertz CT molecular complexity index is 1070. The summed E-state index contributed by atoms with van der Waals surface area (Å²) in [5.74, 6) is -0.321. The molecule has 34 heavy (non-hydrogen) atoms. The first-order chi connectivity index (χ1) is 15.4. The zero-order chi connectivity index (χ0) is 26.6. The molecular formula is C23H35F2N3O4S2. The van der Waals surface area contributed by atoms with E-state index in [1.807, 2.05) is 27.7 Å². The SMILES string of the molecule is C/C(=C/C(C)=C(\S)C(C)(C)O)S(N)(=O)=NC(=O)Nc1c(C(C)C)cc(OC(F)F)cc1C(C)C. The standard InChI is InChI=1S/C23H35F2N3O4S2/c1-12(2)17-10-16(32-21(24)25)11-18(13(3)4)19(17)27-22(29)28-34(26,31)15(6)9-14(5)20(33)23(7,8)30/h9-13,21,30,33H,1-8H3,(H3,26,27,28,29,31)/b15-9-,20-14-. The number of nitrogens with two attached hydrogens (primary N) is 1. The largest absolute Gasteiger partial charge is 0.435 e. The molecule has 0 radical (unpaired) electrons. The number of amides is 2. The van der Waals surface area contributed by atoms with Gasteiger partial charge < -0.3 is 15.2 Å². The predicted molar refractivity (Wildman–Crippen MR) is 137 cm³/mol. The third-order valence-electron chi connectivity index (χ3n) is 4.93. The van der Waals surface area contributed by atoms with Gasteiger partial charge in [0.05, 0.1) is 5.60 Å². The molecule has 4 N–H and O–H groups in total.